The molecule has 9 nitrogen and oxygen atoms in total. The number of ether oxygens (including phenoxy) is 1. The zero-order valence-corrected chi connectivity index (χ0v) is 19.8. The van der Waals surface area contributed by atoms with Crippen LogP contribution in [0.15, 0.2) is 5.11 Å². The molecule has 0 aliphatic carbocycles. The molecular weight excluding hydrogens is 398 g/mol. The first-order valence-electron chi connectivity index (χ1n) is 11.9. The monoisotopic (exact) mass is 441 g/mol. The molecular formula is C22H43N5O4. The van der Waals surface area contributed by atoms with Crippen LogP contribution in [0.4, 0.5) is 0 Å². The molecule has 0 aromatic carbocycles. The van der Waals surface area contributed by atoms with Crippen LogP contribution in [0, 0.1) is 0 Å². The van der Waals surface area contributed by atoms with Crippen molar-refractivity contribution < 1.29 is 19.4 Å². The van der Waals surface area contributed by atoms with Crippen molar-refractivity contribution >= 4 is 11.8 Å². The van der Waals surface area contributed by atoms with Gasteiger partial charge >= 0.3 is 0 Å². The summed E-state index contributed by atoms with van der Waals surface area (Å²) in [5.41, 5.74) is 8.40. The van der Waals surface area contributed by atoms with E-state index >= 15 is 0 Å². The van der Waals surface area contributed by atoms with Crippen LogP contribution in [0.5, 0.6) is 0 Å². The van der Waals surface area contributed by atoms with Crippen molar-refractivity contribution in [3.05, 3.63) is 10.4 Å². The Morgan fingerprint density at radius 3 is 2.13 bits per heavy atom. The summed E-state index contributed by atoms with van der Waals surface area (Å²) in [5.74, 6) is -0.369. The minimum atomic E-state index is -1.24. The number of rotatable bonds is 16. The predicted molar refractivity (Wildman–Crippen MR) is 122 cm³/mol. The number of epoxide rings is 1. The van der Waals surface area contributed by atoms with E-state index in [4.69, 9.17) is 10.3 Å². The van der Waals surface area contributed by atoms with Crippen molar-refractivity contribution in [2.24, 2.45) is 5.11 Å². The number of aliphatic hydroxyl groups is 1. The lowest BCUT2D eigenvalue weighted by Crippen LogP contribution is -2.41. The maximum atomic E-state index is 11.6. The number of hydrogen-bond acceptors (Lipinski definition) is 5. The summed E-state index contributed by atoms with van der Waals surface area (Å²) in [4.78, 5) is 25.6. The normalized spacial score (nSPS) is 18.6. The van der Waals surface area contributed by atoms with Gasteiger partial charge in [-0.2, -0.15) is 0 Å². The molecule has 1 fully saturated rings. The van der Waals surface area contributed by atoms with E-state index in [1.165, 1.54) is 6.42 Å². The molecule has 0 bridgehead atoms. The van der Waals surface area contributed by atoms with Gasteiger partial charge in [0.05, 0.1) is 12.1 Å². The Kier molecular flexibility index (Phi) is 17.8. The third-order valence-electron chi connectivity index (χ3n) is 5.03. The first-order chi connectivity index (χ1) is 15.0. The first kappa shape index (κ1) is 29.2. The van der Waals surface area contributed by atoms with Gasteiger partial charge in [0.2, 0.25) is 5.91 Å². The Labute approximate surface area is 187 Å². The second-order valence-electron chi connectivity index (χ2n) is 7.89. The van der Waals surface area contributed by atoms with Gasteiger partial charge in [-0.15, -0.1) is 0 Å². The van der Waals surface area contributed by atoms with Gasteiger partial charge in [0.15, 0.2) is 6.10 Å². The van der Waals surface area contributed by atoms with Crippen molar-refractivity contribution in [3.8, 4) is 0 Å². The number of aliphatic hydroxyl groups excluding tert-OH is 1. The van der Waals surface area contributed by atoms with Gasteiger partial charge in [-0.25, -0.2) is 0 Å². The van der Waals surface area contributed by atoms with Crippen molar-refractivity contribution in [1.82, 2.24) is 10.6 Å². The molecule has 0 aromatic heterocycles. The van der Waals surface area contributed by atoms with E-state index in [2.05, 4.69) is 34.5 Å². The molecule has 0 aromatic rings. The van der Waals surface area contributed by atoms with Crippen LogP contribution in [0.1, 0.15) is 91.9 Å². The fourth-order valence-electron chi connectivity index (χ4n) is 2.91. The van der Waals surface area contributed by atoms with Crippen LogP contribution in [0.25, 0.3) is 10.4 Å². The molecule has 2 amide bonds. The number of amides is 2. The molecule has 3 N–H and O–H groups in total. The standard InChI is InChI=1S/C11H22N4O2.C11H21NO2/c1-3-5-7-9(14-15-12)10(16)11(17)13-8-6-4-2;1-3-5-7-9-10(14-9)11(13)12-8-6-4-2/h9-10,16H,3-8H2,1-2H3,(H,13,17);9-10H,3-8H2,1-2H3,(H,12,13)/t9-,10-;9-,10+/m01/s1. The van der Waals surface area contributed by atoms with E-state index < -0.39 is 18.1 Å². The average Bonchev–Trinajstić information content (AvgIpc) is 3.55. The van der Waals surface area contributed by atoms with Crippen molar-refractivity contribution in [2.45, 2.75) is 116 Å². The Bertz CT molecular complexity index is 540. The van der Waals surface area contributed by atoms with Gasteiger partial charge in [-0.3, -0.25) is 9.59 Å². The van der Waals surface area contributed by atoms with Crippen LogP contribution in [0.2, 0.25) is 0 Å². The summed E-state index contributed by atoms with van der Waals surface area (Å²) in [7, 11) is 0. The number of carbonyl (C=O) groups excluding carboxylic acids is 2. The Balaban J connectivity index is 0.000000590. The summed E-state index contributed by atoms with van der Waals surface area (Å²) in [6.07, 6.45) is 8.49. The third-order valence-corrected chi connectivity index (χ3v) is 5.03. The molecule has 1 aliphatic heterocycles. The lowest BCUT2D eigenvalue weighted by atomic mass is 10.0. The zero-order valence-electron chi connectivity index (χ0n) is 19.8. The number of hydrogen-bond donors (Lipinski definition) is 3. The number of unbranched alkanes of at least 4 members (excludes halogenated alkanes) is 4. The van der Waals surface area contributed by atoms with Crippen LogP contribution in [-0.4, -0.2) is 54.4 Å². The minimum absolute atomic E-state index is 0.0829. The quantitative estimate of drug-likeness (QED) is 0.109. The second kappa shape index (κ2) is 18.9. The molecule has 0 unspecified atom stereocenters. The lowest BCUT2D eigenvalue weighted by molar-refractivity contribution is -0.130. The SMILES string of the molecule is CCCCNC(=O)[C@@H](O)[C@H](CCCC)N=[N+]=[N-].CCCCNC(=O)[C@H]1O[C@@H]1CCCC. The maximum absolute atomic E-state index is 11.6. The molecule has 1 saturated heterocycles. The van der Waals surface area contributed by atoms with Crippen molar-refractivity contribution in [3.63, 3.8) is 0 Å². The van der Waals surface area contributed by atoms with Gasteiger partial charge in [0, 0.05) is 18.0 Å². The van der Waals surface area contributed by atoms with Gasteiger partial charge in [0.1, 0.15) is 6.10 Å². The van der Waals surface area contributed by atoms with Gasteiger partial charge in [0.25, 0.3) is 5.91 Å². The zero-order chi connectivity index (χ0) is 23.5. The second-order valence-corrected chi connectivity index (χ2v) is 7.89. The van der Waals surface area contributed by atoms with Gasteiger partial charge in [-0.1, -0.05) is 71.3 Å². The summed E-state index contributed by atoms with van der Waals surface area (Å²) in [6, 6.07) is -0.665. The smallest absolute Gasteiger partial charge is 0.251 e. The number of azide groups is 1. The summed E-state index contributed by atoms with van der Waals surface area (Å²) < 4.78 is 5.30. The van der Waals surface area contributed by atoms with Crippen LogP contribution < -0.4 is 10.6 Å². The van der Waals surface area contributed by atoms with Crippen molar-refractivity contribution in [2.75, 3.05) is 13.1 Å². The molecule has 9 heteroatoms. The molecule has 1 aliphatic rings. The Morgan fingerprint density at radius 2 is 1.58 bits per heavy atom. The highest BCUT2D eigenvalue weighted by Gasteiger charge is 2.43. The summed E-state index contributed by atoms with van der Waals surface area (Å²) >= 11 is 0. The van der Waals surface area contributed by atoms with E-state index in [1.54, 1.807) is 0 Å². The highest BCUT2D eigenvalue weighted by Crippen LogP contribution is 2.27. The summed E-state index contributed by atoms with van der Waals surface area (Å²) in [6.45, 7) is 9.62. The fourth-order valence-corrected chi connectivity index (χ4v) is 2.91. The maximum Gasteiger partial charge on any atom is 0.251 e. The number of carbonyl (C=O) groups is 2. The minimum Gasteiger partial charge on any atom is -0.383 e. The molecule has 0 spiro atoms. The van der Waals surface area contributed by atoms with Crippen molar-refractivity contribution in [1.29, 1.82) is 0 Å². The van der Waals surface area contributed by atoms with E-state index in [0.29, 0.717) is 13.0 Å². The number of nitrogens with zero attached hydrogens (tertiary/aromatic N) is 3. The molecule has 0 saturated carbocycles. The number of nitrogens with one attached hydrogen (secondary N) is 2. The first-order valence-corrected chi connectivity index (χ1v) is 11.9. The highest BCUT2D eigenvalue weighted by atomic mass is 16.6. The molecule has 0 radical (unpaired) electrons. The van der Waals surface area contributed by atoms with E-state index in [0.717, 1.165) is 57.9 Å². The molecule has 180 valence electrons. The van der Waals surface area contributed by atoms with Crippen LogP contribution >= 0.6 is 0 Å². The van der Waals surface area contributed by atoms with Crippen LogP contribution in [0.3, 0.4) is 0 Å². The van der Waals surface area contributed by atoms with Gasteiger partial charge in [-0.05, 0) is 31.2 Å². The van der Waals surface area contributed by atoms with E-state index in [1.807, 2.05) is 13.8 Å². The van der Waals surface area contributed by atoms with E-state index in [-0.39, 0.29) is 18.1 Å². The molecule has 1 rings (SSSR count). The lowest BCUT2D eigenvalue weighted by Gasteiger charge is -2.17. The van der Waals surface area contributed by atoms with Gasteiger partial charge < -0.3 is 20.5 Å². The molecule has 4 atom stereocenters. The average molecular weight is 442 g/mol. The highest BCUT2D eigenvalue weighted by molar-refractivity contribution is 5.83. The topological polar surface area (TPSA) is 140 Å². The Hall–Kier alpha value is -1.83. The van der Waals surface area contributed by atoms with E-state index in [9.17, 15) is 14.7 Å². The Morgan fingerprint density at radius 1 is 1.00 bits per heavy atom. The summed E-state index contributed by atoms with van der Waals surface area (Å²) in [5, 5.41) is 18.8. The van der Waals surface area contributed by atoms with Crippen LogP contribution in [-0.2, 0) is 14.3 Å². The fraction of sp³-hybridized carbons (Fsp3) is 0.909. The molecule has 31 heavy (non-hydrogen) atoms. The third kappa shape index (κ3) is 14.0. The predicted octanol–water partition coefficient (Wildman–Crippen LogP) is 3.99. The molecule has 1 heterocycles. The largest absolute Gasteiger partial charge is 0.383 e.